The van der Waals surface area contributed by atoms with Gasteiger partial charge in [-0.3, -0.25) is 4.79 Å². The van der Waals surface area contributed by atoms with E-state index in [-0.39, 0.29) is 5.97 Å². The lowest BCUT2D eigenvalue weighted by molar-refractivity contribution is -0.137. The maximum atomic E-state index is 12.6. The van der Waals surface area contributed by atoms with Crippen LogP contribution in [0, 0.1) is 0 Å². The first-order valence-corrected chi connectivity index (χ1v) is 10.4. The smallest absolute Gasteiger partial charge is 0.310 e. The van der Waals surface area contributed by atoms with Gasteiger partial charge in [-0.15, -0.1) is 0 Å². The van der Waals surface area contributed by atoms with Gasteiger partial charge < -0.3 is 10.2 Å². The van der Waals surface area contributed by atoms with Gasteiger partial charge >= 0.3 is 5.97 Å². The van der Waals surface area contributed by atoms with Crippen LogP contribution < -0.4 is 5.73 Å². The van der Waals surface area contributed by atoms with E-state index in [9.17, 15) is 4.79 Å². The first kappa shape index (κ1) is 18.9. The van der Waals surface area contributed by atoms with E-state index in [4.69, 9.17) is 10.2 Å². The van der Waals surface area contributed by atoms with Crippen LogP contribution in [0.1, 0.15) is 47.1 Å². The second-order valence-corrected chi connectivity index (χ2v) is 12.4. The molecule has 0 aliphatic carbocycles. The summed E-state index contributed by atoms with van der Waals surface area (Å²) in [5.41, 5.74) is 8.30. The number of carbonyl (C=O) groups is 1. The highest BCUT2D eigenvalue weighted by Crippen LogP contribution is 2.42. The van der Waals surface area contributed by atoms with Crippen LogP contribution in [0.5, 0.6) is 0 Å². The Morgan fingerprint density at radius 3 is 1.86 bits per heavy atom. The van der Waals surface area contributed by atoms with Crippen molar-refractivity contribution in [3.63, 3.8) is 0 Å². The molecule has 0 aliphatic rings. The summed E-state index contributed by atoms with van der Waals surface area (Å²) in [6.45, 7) is 13.0. The molecule has 22 heavy (non-hydrogen) atoms. The van der Waals surface area contributed by atoms with Gasteiger partial charge in [0.05, 0.1) is 0 Å². The maximum Gasteiger partial charge on any atom is 0.310 e. The minimum absolute atomic E-state index is 0.244. The molecule has 0 spiro atoms. The number of benzene rings is 1. The average Bonchev–Trinajstić information content (AvgIpc) is 2.44. The average molecular weight is 322 g/mol. The van der Waals surface area contributed by atoms with Crippen molar-refractivity contribution in [3.8, 4) is 0 Å². The summed E-state index contributed by atoms with van der Waals surface area (Å²) in [4.78, 5) is 12.6. The van der Waals surface area contributed by atoms with Crippen LogP contribution >= 0.6 is 0 Å². The fraction of sp³-hybridized carbons (Fsp3) is 0.611. The third kappa shape index (κ3) is 4.20. The lowest BCUT2D eigenvalue weighted by Gasteiger charge is -2.41. The van der Waals surface area contributed by atoms with Crippen molar-refractivity contribution in [3.05, 3.63) is 35.9 Å². The molecule has 1 aromatic carbocycles. The molecular formula is C18H31NO2Si. The van der Waals surface area contributed by atoms with Crippen LogP contribution in [-0.2, 0) is 15.6 Å². The zero-order valence-corrected chi connectivity index (χ0v) is 15.8. The Morgan fingerprint density at radius 2 is 1.45 bits per heavy atom. The number of nitrogens with two attached hydrogens (primary N) is 1. The summed E-state index contributed by atoms with van der Waals surface area (Å²) in [6.07, 6.45) is 0.526. The molecule has 0 bridgehead atoms. The molecule has 2 N–H and O–H groups in total. The molecule has 0 amide bonds. The molecule has 1 rings (SSSR count). The number of hydrogen-bond acceptors (Lipinski definition) is 3. The fourth-order valence-electron chi connectivity index (χ4n) is 3.55. The van der Waals surface area contributed by atoms with Gasteiger partial charge in [-0.1, -0.05) is 71.9 Å². The molecule has 0 saturated heterocycles. The van der Waals surface area contributed by atoms with Crippen molar-refractivity contribution in [1.82, 2.24) is 0 Å². The standard InChI is InChI=1S/C18H31NO2Si/c1-13(2)22(14(3)4,15(5)6)21-18(20)17(19)12-16-10-8-7-9-11-16/h7-11,13-15,17H,12,19H2,1-6H3/t17-/m0/s1. The summed E-state index contributed by atoms with van der Waals surface area (Å²) in [5, 5.41) is 0. The van der Waals surface area contributed by atoms with Crippen LogP contribution in [0.25, 0.3) is 0 Å². The molecule has 0 saturated carbocycles. The second-order valence-electron chi connectivity index (χ2n) is 7.03. The lowest BCUT2D eigenvalue weighted by Crippen LogP contribution is -2.52. The number of rotatable bonds is 7. The van der Waals surface area contributed by atoms with E-state index in [0.717, 1.165) is 5.56 Å². The van der Waals surface area contributed by atoms with Crippen molar-refractivity contribution in [2.75, 3.05) is 0 Å². The first-order chi connectivity index (χ1) is 10.2. The Labute approximate surface area is 136 Å². The summed E-state index contributed by atoms with van der Waals surface area (Å²) < 4.78 is 6.13. The van der Waals surface area contributed by atoms with E-state index >= 15 is 0 Å². The Hall–Kier alpha value is -1.13. The van der Waals surface area contributed by atoms with Crippen LogP contribution in [0.4, 0.5) is 0 Å². The van der Waals surface area contributed by atoms with E-state index in [1.54, 1.807) is 0 Å². The van der Waals surface area contributed by atoms with Gasteiger partial charge in [0, 0.05) is 0 Å². The predicted molar refractivity (Wildman–Crippen MR) is 95.3 cm³/mol. The number of carbonyl (C=O) groups excluding carboxylic acids is 1. The van der Waals surface area contributed by atoms with Crippen LogP contribution in [-0.4, -0.2) is 20.3 Å². The summed E-state index contributed by atoms with van der Waals surface area (Å²) in [7, 11) is -2.20. The van der Waals surface area contributed by atoms with Gasteiger partial charge in [0.15, 0.2) is 0 Å². The predicted octanol–water partition coefficient (Wildman–Crippen LogP) is 4.28. The monoisotopic (exact) mass is 321 g/mol. The van der Waals surface area contributed by atoms with E-state index in [1.807, 2.05) is 30.3 Å². The molecule has 0 radical (unpaired) electrons. The zero-order chi connectivity index (χ0) is 16.9. The number of hydrogen-bond donors (Lipinski definition) is 1. The molecule has 0 aliphatic heterocycles. The minimum atomic E-state index is -2.20. The zero-order valence-electron chi connectivity index (χ0n) is 14.8. The molecule has 0 unspecified atom stereocenters. The maximum absolute atomic E-state index is 12.6. The highest BCUT2D eigenvalue weighted by Gasteiger charge is 2.48. The highest BCUT2D eigenvalue weighted by atomic mass is 28.4. The Balaban J connectivity index is 2.87. The fourth-order valence-corrected chi connectivity index (χ4v) is 8.76. The van der Waals surface area contributed by atoms with Gasteiger partial charge in [0.2, 0.25) is 0 Å². The summed E-state index contributed by atoms with van der Waals surface area (Å²) >= 11 is 0. The van der Waals surface area contributed by atoms with E-state index in [0.29, 0.717) is 23.0 Å². The van der Waals surface area contributed by atoms with E-state index < -0.39 is 14.4 Å². The van der Waals surface area contributed by atoms with Crippen molar-refractivity contribution < 1.29 is 9.22 Å². The van der Waals surface area contributed by atoms with Crippen LogP contribution in [0.2, 0.25) is 16.6 Å². The van der Waals surface area contributed by atoms with Crippen molar-refractivity contribution >= 4 is 14.3 Å². The normalized spacial score (nSPS) is 13.7. The summed E-state index contributed by atoms with van der Waals surface area (Å²) in [6, 6.07) is 9.27. The third-order valence-corrected chi connectivity index (χ3v) is 10.6. The quantitative estimate of drug-likeness (QED) is 0.763. The van der Waals surface area contributed by atoms with Crippen molar-refractivity contribution in [2.24, 2.45) is 5.73 Å². The Morgan fingerprint density at radius 1 is 1.00 bits per heavy atom. The van der Waals surface area contributed by atoms with E-state index in [1.165, 1.54) is 0 Å². The molecule has 0 aromatic heterocycles. The van der Waals surface area contributed by atoms with Crippen molar-refractivity contribution in [1.29, 1.82) is 0 Å². The molecule has 0 heterocycles. The van der Waals surface area contributed by atoms with E-state index in [2.05, 4.69) is 41.5 Å². The molecule has 1 atom stereocenters. The first-order valence-electron chi connectivity index (χ1n) is 8.24. The molecular weight excluding hydrogens is 290 g/mol. The highest BCUT2D eigenvalue weighted by molar-refractivity contribution is 6.79. The Bertz CT molecular complexity index is 449. The summed E-state index contributed by atoms with van der Waals surface area (Å²) in [5.74, 6) is -0.244. The molecule has 1 aromatic rings. The molecule has 3 nitrogen and oxygen atoms in total. The van der Waals surface area contributed by atoms with Gasteiger partial charge in [-0.2, -0.15) is 0 Å². The van der Waals surface area contributed by atoms with Crippen LogP contribution in [0.15, 0.2) is 30.3 Å². The van der Waals surface area contributed by atoms with Gasteiger partial charge in [-0.05, 0) is 28.6 Å². The largest absolute Gasteiger partial charge is 0.517 e. The molecule has 124 valence electrons. The van der Waals surface area contributed by atoms with Crippen molar-refractivity contribution in [2.45, 2.75) is 70.6 Å². The topological polar surface area (TPSA) is 52.3 Å². The molecule has 0 fully saturated rings. The van der Waals surface area contributed by atoms with Gasteiger partial charge in [0.1, 0.15) is 6.04 Å². The van der Waals surface area contributed by atoms with Gasteiger partial charge in [-0.25, -0.2) is 0 Å². The molecule has 4 heteroatoms. The third-order valence-electron chi connectivity index (χ3n) is 4.59. The van der Waals surface area contributed by atoms with Gasteiger partial charge in [0.25, 0.3) is 8.32 Å². The minimum Gasteiger partial charge on any atom is -0.517 e. The lowest BCUT2D eigenvalue weighted by atomic mass is 10.1. The van der Waals surface area contributed by atoms with Crippen LogP contribution in [0.3, 0.4) is 0 Å². The SMILES string of the molecule is CC(C)[Si](OC(=O)[C@@H](N)Cc1ccccc1)(C(C)C)C(C)C. The second kappa shape index (κ2) is 7.93. The Kier molecular flexibility index (Phi) is 6.82.